The van der Waals surface area contributed by atoms with Gasteiger partial charge >= 0.3 is 0 Å². The van der Waals surface area contributed by atoms with Crippen LogP contribution in [0.5, 0.6) is 5.75 Å². The quantitative estimate of drug-likeness (QED) is 0.861. The molecule has 3 atom stereocenters. The van der Waals surface area contributed by atoms with Gasteiger partial charge in [0, 0.05) is 18.6 Å². The molecular formula is C15H23FN2O. The first kappa shape index (κ1) is 14.3. The van der Waals surface area contributed by atoms with Gasteiger partial charge < -0.3 is 15.8 Å². The van der Waals surface area contributed by atoms with Gasteiger partial charge in [-0.3, -0.25) is 0 Å². The molecule has 1 aromatic carbocycles. The molecule has 0 aliphatic heterocycles. The number of nitrogens with two attached hydrogens (primary N) is 1. The van der Waals surface area contributed by atoms with Crippen molar-refractivity contribution in [3.8, 4) is 5.75 Å². The zero-order valence-electron chi connectivity index (χ0n) is 11.7. The monoisotopic (exact) mass is 266 g/mol. The van der Waals surface area contributed by atoms with E-state index in [1.165, 1.54) is 32.4 Å². The van der Waals surface area contributed by atoms with Crippen LogP contribution in [-0.4, -0.2) is 19.7 Å². The Hall–Kier alpha value is -1.13. The molecular weight excluding hydrogens is 243 g/mol. The Bertz CT molecular complexity index is 425. The minimum absolute atomic E-state index is 0.00991. The summed E-state index contributed by atoms with van der Waals surface area (Å²) in [5, 5.41) is 3.54. The Kier molecular flexibility index (Phi) is 4.77. The molecule has 0 spiro atoms. The highest BCUT2D eigenvalue weighted by molar-refractivity contribution is 5.31. The molecule has 19 heavy (non-hydrogen) atoms. The van der Waals surface area contributed by atoms with Crippen molar-refractivity contribution in [2.75, 3.05) is 13.7 Å². The molecule has 1 saturated carbocycles. The zero-order valence-corrected chi connectivity index (χ0v) is 11.7. The Morgan fingerprint density at radius 1 is 1.47 bits per heavy atom. The van der Waals surface area contributed by atoms with Gasteiger partial charge in [0.2, 0.25) is 0 Å². The van der Waals surface area contributed by atoms with Crippen molar-refractivity contribution in [3.05, 3.63) is 29.6 Å². The largest absolute Gasteiger partial charge is 0.494 e. The Balaban J connectivity index is 2.06. The van der Waals surface area contributed by atoms with Crippen LogP contribution in [0.4, 0.5) is 4.39 Å². The number of ether oxygens (including phenoxy) is 1. The van der Waals surface area contributed by atoms with Crippen molar-refractivity contribution in [1.82, 2.24) is 5.32 Å². The van der Waals surface area contributed by atoms with Crippen LogP contribution in [0.2, 0.25) is 0 Å². The highest BCUT2D eigenvalue weighted by Crippen LogP contribution is 2.28. The topological polar surface area (TPSA) is 47.3 Å². The summed E-state index contributed by atoms with van der Waals surface area (Å²) in [5.74, 6) is 0.706. The summed E-state index contributed by atoms with van der Waals surface area (Å²) in [6.45, 7) is 2.74. The lowest BCUT2D eigenvalue weighted by Gasteiger charge is -2.22. The van der Waals surface area contributed by atoms with Crippen LogP contribution in [0.3, 0.4) is 0 Å². The maximum absolute atomic E-state index is 13.7. The zero-order chi connectivity index (χ0) is 13.8. The van der Waals surface area contributed by atoms with E-state index < -0.39 is 0 Å². The molecule has 0 bridgehead atoms. The summed E-state index contributed by atoms with van der Waals surface area (Å²) < 4.78 is 18.7. The average Bonchev–Trinajstić information content (AvgIpc) is 2.81. The number of methoxy groups -OCH3 is 1. The summed E-state index contributed by atoms with van der Waals surface area (Å²) in [7, 11) is 1.47. The number of hydrogen-bond donors (Lipinski definition) is 2. The van der Waals surface area contributed by atoms with Gasteiger partial charge in [0.15, 0.2) is 11.6 Å². The third-order valence-electron chi connectivity index (χ3n) is 3.95. The number of nitrogens with one attached hydrogen (secondary N) is 1. The van der Waals surface area contributed by atoms with E-state index in [2.05, 4.69) is 12.2 Å². The van der Waals surface area contributed by atoms with Crippen molar-refractivity contribution in [3.63, 3.8) is 0 Å². The molecule has 0 amide bonds. The van der Waals surface area contributed by atoms with Gasteiger partial charge in [-0.2, -0.15) is 0 Å². The van der Waals surface area contributed by atoms with E-state index in [-0.39, 0.29) is 17.6 Å². The first-order valence-electron chi connectivity index (χ1n) is 6.93. The lowest BCUT2D eigenvalue weighted by Crippen LogP contribution is -2.35. The molecule has 1 aromatic rings. The Morgan fingerprint density at radius 3 is 2.79 bits per heavy atom. The molecule has 0 radical (unpaired) electrons. The first-order valence-corrected chi connectivity index (χ1v) is 6.93. The van der Waals surface area contributed by atoms with Crippen LogP contribution in [0.15, 0.2) is 18.2 Å². The second-order valence-corrected chi connectivity index (χ2v) is 5.46. The lowest BCUT2D eigenvalue weighted by molar-refractivity contribution is 0.384. The molecule has 3 N–H and O–H groups in total. The van der Waals surface area contributed by atoms with Crippen molar-refractivity contribution in [1.29, 1.82) is 0 Å². The van der Waals surface area contributed by atoms with Crippen LogP contribution in [-0.2, 0) is 0 Å². The molecule has 3 unspecified atom stereocenters. The van der Waals surface area contributed by atoms with E-state index >= 15 is 0 Å². The molecule has 0 heterocycles. The molecule has 2 rings (SSSR count). The third kappa shape index (κ3) is 3.45. The van der Waals surface area contributed by atoms with Gasteiger partial charge in [-0.05, 0) is 42.9 Å². The van der Waals surface area contributed by atoms with Crippen LogP contribution in [0.1, 0.15) is 37.8 Å². The number of rotatable bonds is 5. The predicted molar refractivity (Wildman–Crippen MR) is 74.7 cm³/mol. The summed E-state index contributed by atoms with van der Waals surface area (Å²) in [4.78, 5) is 0. The molecule has 1 aliphatic carbocycles. The summed E-state index contributed by atoms with van der Waals surface area (Å²) in [6, 6.07) is 5.56. The number of halogens is 1. The minimum atomic E-state index is -0.333. The molecule has 1 fully saturated rings. The maximum Gasteiger partial charge on any atom is 0.165 e. The van der Waals surface area contributed by atoms with Gasteiger partial charge in [0.1, 0.15) is 0 Å². The summed E-state index contributed by atoms with van der Waals surface area (Å²) in [6.07, 6.45) is 3.61. The second kappa shape index (κ2) is 6.35. The predicted octanol–water partition coefficient (Wildman–Crippen LogP) is 2.61. The van der Waals surface area contributed by atoms with E-state index in [0.29, 0.717) is 12.6 Å². The molecule has 4 heteroatoms. The normalized spacial score (nSPS) is 24.4. The standard InChI is InChI=1S/C15H23FN2O/c1-10-3-5-12(7-10)18-14(9-17)11-4-6-15(19-2)13(16)8-11/h4,6,8,10,12,14,18H,3,5,7,9,17H2,1-2H3. The van der Waals surface area contributed by atoms with E-state index in [4.69, 9.17) is 10.5 Å². The first-order chi connectivity index (χ1) is 9.13. The Labute approximate surface area is 114 Å². The number of hydrogen-bond acceptors (Lipinski definition) is 3. The van der Waals surface area contributed by atoms with E-state index in [9.17, 15) is 4.39 Å². The van der Waals surface area contributed by atoms with Crippen molar-refractivity contribution in [2.24, 2.45) is 11.7 Å². The van der Waals surface area contributed by atoms with Gasteiger partial charge in [-0.25, -0.2) is 4.39 Å². The fraction of sp³-hybridized carbons (Fsp3) is 0.600. The van der Waals surface area contributed by atoms with E-state index in [1.54, 1.807) is 6.07 Å². The molecule has 106 valence electrons. The van der Waals surface area contributed by atoms with Crippen LogP contribution in [0.25, 0.3) is 0 Å². The van der Waals surface area contributed by atoms with E-state index in [0.717, 1.165) is 11.5 Å². The van der Waals surface area contributed by atoms with Crippen molar-refractivity contribution >= 4 is 0 Å². The minimum Gasteiger partial charge on any atom is -0.494 e. The maximum atomic E-state index is 13.7. The van der Waals surface area contributed by atoms with Crippen LogP contribution in [0, 0.1) is 11.7 Å². The summed E-state index contributed by atoms with van der Waals surface area (Å²) in [5.41, 5.74) is 6.71. The van der Waals surface area contributed by atoms with Crippen LogP contribution >= 0.6 is 0 Å². The Morgan fingerprint density at radius 2 is 2.26 bits per heavy atom. The molecule has 0 saturated heterocycles. The van der Waals surface area contributed by atoms with Gasteiger partial charge in [-0.15, -0.1) is 0 Å². The fourth-order valence-corrected chi connectivity index (χ4v) is 2.84. The molecule has 0 aromatic heterocycles. The lowest BCUT2D eigenvalue weighted by atomic mass is 10.0. The van der Waals surface area contributed by atoms with Gasteiger partial charge in [0.05, 0.1) is 7.11 Å². The van der Waals surface area contributed by atoms with E-state index in [1.807, 2.05) is 6.07 Å². The third-order valence-corrected chi connectivity index (χ3v) is 3.95. The molecule has 3 nitrogen and oxygen atoms in total. The summed E-state index contributed by atoms with van der Waals surface area (Å²) >= 11 is 0. The fourth-order valence-electron chi connectivity index (χ4n) is 2.84. The van der Waals surface area contributed by atoms with Crippen molar-refractivity contribution in [2.45, 2.75) is 38.3 Å². The molecule has 1 aliphatic rings. The smallest absolute Gasteiger partial charge is 0.165 e. The SMILES string of the molecule is COc1ccc(C(CN)NC2CCC(C)C2)cc1F. The van der Waals surface area contributed by atoms with Gasteiger partial charge in [-0.1, -0.05) is 13.0 Å². The highest BCUT2D eigenvalue weighted by atomic mass is 19.1. The highest BCUT2D eigenvalue weighted by Gasteiger charge is 2.24. The van der Waals surface area contributed by atoms with Crippen LogP contribution < -0.4 is 15.8 Å². The van der Waals surface area contributed by atoms with Crippen molar-refractivity contribution < 1.29 is 9.13 Å². The average molecular weight is 266 g/mol. The number of benzene rings is 1. The second-order valence-electron chi connectivity index (χ2n) is 5.46. The van der Waals surface area contributed by atoms with Gasteiger partial charge in [0.25, 0.3) is 0 Å².